The molecule has 0 aliphatic carbocycles. The molecule has 0 saturated heterocycles. The minimum Gasteiger partial charge on any atom is -0.494 e. The Bertz CT molecular complexity index is 1320. The summed E-state index contributed by atoms with van der Waals surface area (Å²) in [4.78, 5) is 9.15. The molecule has 2 aromatic carbocycles. The molecule has 0 amide bonds. The predicted molar refractivity (Wildman–Crippen MR) is 127 cm³/mol. The van der Waals surface area contributed by atoms with Crippen LogP contribution < -0.4 is 14.8 Å². The average Bonchev–Trinajstić information content (AvgIpc) is 2.81. The minimum absolute atomic E-state index is 0.00953. The number of nitrogens with one attached hydrogen (secondary N) is 2. The van der Waals surface area contributed by atoms with Gasteiger partial charge in [-0.25, -0.2) is 27.5 Å². The summed E-state index contributed by atoms with van der Waals surface area (Å²) in [6, 6.07) is 8.44. The lowest BCUT2D eigenvalue weighted by Gasteiger charge is -2.16. The van der Waals surface area contributed by atoms with Crippen LogP contribution in [0.4, 0.5) is 29.2 Å². The summed E-state index contributed by atoms with van der Waals surface area (Å²) in [5, 5.41) is 2.65. The molecule has 2 N–H and O–H groups in total. The first-order valence-electron chi connectivity index (χ1n) is 10.7. The van der Waals surface area contributed by atoms with Gasteiger partial charge in [-0.15, -0.1) is 0 Å². The van der Waals surface area contributed by atoms with Crippen LogP contribution in [0, 0.1) is 5.82 Å². The number of ether oxygens (including phenoxy) is 1. The Morgan fingerprint density at radius 3 is 2.47 bits per heavy atom. The summed E-state index contributed by atoms with van der Waals surface area (Å²) in [6.07, 6.45) is -3.15. The number of rotatable bonds is 10. The number of hydrogen-bond donors (Lipinski definition) is 2. The third kappa shape index (κ3) is 6.89. The van der Waals surface area contributed by atoms with E-state index in [1.165, 1.54) is 37.6 Å². The first-order chi connectivity index (χ1) is 16.9. The Balaban J connectivity index is 1.87. The number of halogens is 4. The molecule has 0 fully saturated rings. The molecule has 0 saturated carbocycles. The zero-order chi connectivity index (χ0) is 26.5. The van der Waals surface area contributed by atoms with E-state index in [1.807, 2.05) is 4.90 Å². The molecule has 3 rings (SSSR count). The van der Waals surface area contributed by atoms with Gasteiger partial charge in [-0.2, -0.15) is 13.2 Å². The third-order valence-electron chi connectivity index (χ3n) is 5.01. The maximum Gasteiger partial charge on any atom is 0.417 e. The van der Waals surface area contributed by atoms with Gasteiger partial charge in [0.05, 0.1) is 23.3 Å². The fourth-order valence-corrected chi connectivity index (χ4v) is 4.56. The Morgan fingerprint density at radius 1 is 1.08 bits per heavy atom. The van der Waals surface area contributed by atoms with E-state index >= 15 is 0 Å². The highest BCUT2D eigenvalue weighted by atomic mass is 32.2. The van der Waals surface area contributed by atoms with Crippen molar-refractivity contribution < 1.29 is 30.7 Å². The van der Waals surface area contributed by atoms with Crippen LogP contribution in [0.15, 0.2) is 53.6 Å². The molecule has 1 aromatic heterocycles. The number of methoxy groups -OCH3 is 1. The van der Waals surface area contributed by atoms with E-state index in [4.69, 9.17) is 4.74 Å². The topological polar surface area (TPSA) is 96.4 Å². The quantitative estimate of drug-likeness (QED) is 0.300. The molecule has 0 aliphatic rings. The van der Waals surface area contributed by atoms with Crippen molar-refractivity contribution in [3.63, 3.8) is 0 Å². The van der Waals surface area contributed by atoms with Crippen molar-refractivity contribution in [2.75, 3.05) is 39.6 Å². The number of nitrogens with zero attached hydrogens (tertiary/aromatic N) is 3. The minimum atomic E-state index is -4.94. The zero-order valence-corrected chi connectivity index (χ0v) is 20.5. The smallest absolute Gasteiger partial charge is 0.417 e. The number of anilines is 2. The second-order valence-electron chi connectivity index (χ2n) is 8.00. The van der Waals surface area contributed by atoms with Gasteiger partial charge in [0.1, 0.15) is 0 Å². The van der Waals surface area contributed by atoms with Crippen molar-refractivity contribution in [1.29, 1.82) is 0 Å². The van der Waals surface area contributed by atoms with Gasteiger partial charge in [0, 0.05) is 24.0 Å². The summed E-state index contributed by atoms with van der Waals surface area (Å²) >= 11 is 0. The summed E-state index contributed by atoms with van der Waals surface area (Å²) in [5.41, 5.74) is -0.698. The van der Waals surface area contributed by atoms with Crippen LogP contribution >= 0.6 is 0 Å². The van der Waals surface area contributed by atoms with E-state index in [1.54, 1.807) is 20.2 Å². The molecule has 194 valence electrons. The second kappa shape index (κ2) is 11.2. The summed E-state index contributed by atoms with van der Waals surface area (Å²) in [5.74, 6) is -0.618. The van der Waals surface area contributed by atoms with Gasteiger partial charge in [0.25, 0.3) is 0 Å². The number of hydrogen-bond acceptors (Lipinski definition) is 7. The fraction of sp³-hybridized carbons (Fsp3) is 0.304. The van der Waals surface area contributed by atoms with Crippen LogP contribution in [0.25, 0.3) is 11.3 Å². The first-order valence-corrected chi connectivity index (χ1v) is 12.2. The lowest BCUT2D eigenvalue weighted by molar-refractivity contribution is -0.139. The van der Waals surface area contributed by atoms with Crippen LogP contribution in [-0.4, -0.2) is 57.6 Å². The van der Waals surface area contributed by atoms with Gasteiger partial charge in [-0.3, -0.25) is 0 Å². The van der Waals surface area contributed by atoms with Crippen LogP contribution in [-0.2, 0) is 16.2 Å². The highest BCUT2D eigenvalue weighted by Crippen LogP contribution is 2.36. The number of sulfonamides is 1. The molecular weight excluding hydrogens is 502 g/mol. The van der Waals surface area contributed by atoms with E-state index in [0.717, 1.165) is 6.07 Å². The molecule has 0 radical (unpaired) electrons. The molecule has 3 aromatic rings. The van der Waals surface area contributed by atoms with Crippen molar-refractivity contribution in [2.45, 2.75) is 17.5 Å². The van der Waals surface area contributed by atoms with Crippen LogP contribution in [0.2, 0.25) is 0 Å². The zero-order valence-electron chi connectivity index (χ0n) is 19.7. The lowest BCUT2D eigenvalue weighted by Crippen LogP contribution is -2.29. The maximum atomic E-state index is 14.1. The number of benzene rings is 2. The maximum absolute atomic E-state index is 14.1. The van der Waals surface area contributed by atoms with Gasteiger partial charge in [-0.05, 0) is 69.5 Å². The normalized spacial score (nSPS) is 12.1. The van der Waals surface area contributed by atoms with Crippen molar-refractivity contribution in [2.24, 2.45) is 0 Å². The average molecular weight is 528 g/mol. The van der Waals surface area contributed by atoms with E-state index < -0.39 is 32.5 Å². The lowest BCUT2D eigenvalue weighted by atomic mass is 10.1. The highest BCUT2D eigenvalue weighted by molar-refractivity contribution is 7.89. The standard InChI is InChI=1S/C23H25F4N5O3S/c1-32(2)12-4-10-29-36(33,34)21-8-6-16(14-17(21)23(25,26)27)30-22-28-11-9-19(31-22)15-5-7-20(35-3)18(24)13-15/h5-9,11,13-14,29H,4,10,12H2,1-3H3,(H,28,30,31). The first kappa shape index (κ1) is 27.3. The molecule has 0 bridgehead atoms. The Morgan fingerprint density at radius 2 is 1.83 bits per heavy atom. The molecule has 13 heteroatoms. The van der Waals surface area contributed by atoms with E-state index in [9.17, 15) is 26.0 Å². The van der Waals surface area contributed by atoms with Crippen molar-refractivity contribution in [3.8, 4) is 17.0 Å². The van der Waals surface area contributed by atoms with Gasteiger partial charge < -0.3 is 15.0 Å². The fourth-order valence-electron chi connectivity index (χ4n) is 3.28. The molecule has 8 nitrogen and oxygen atoms in total. The largest absolute Gasteiger partial charge is 0.494 e. The van der Waals surface area contributed by atoms with E-state index in [0.29, 0.717) is 30.3 Å². The molecule has 0 atom stereocenters. The van der Waals surface area contributed by atoms with Gasteiger partial charge in [0.15, 0.2) is 11.6 Å². The van der Waals surface area contributed by atoms with E-state index in [-0.39, 0.29) is 23.9 Å². The van der Waals surface area contributed by atoms with Crippen LogP contribution in [0.1, 0.15) is 12.0 Å². The van der Waals surface area contributed by atoms with Crippen molar-refractivity contribution in [1.82, 2.24) is 19.6 Å². The Labute approximate surface area is 206 Å². The monoisotopic (exact) mass is 527 g/mol. The highest BCUT2D eigenvalue weighted by Gasteiger charge is 2.37. The van der Waals surface area contributed by atoms with E-state index in [2.05, 4.69) is 20.0 Å². The number of alkyl halides is 3. The predicted octanol–water partition coefficient (Wildman–Crippen LogP) is 4.28. The van der Waals surface area contributed by atoms with Gasteiger partial charge in [0.2, 0.25) is 16.0 Å². The molecule has 1 heterocycles. The van der Waals surface area contributed by atoms with Gasteiger partial charge >= 0.3 is 6.18 Å². The van der Waals surface area contributed by atoms with Crippen LogP contribution in [0.5, 0.6) is 5.75 Å². The number of aromatic nitrogens is 2. The summed E-state index contributed by atoms with van der Waals surface area (Å²) in [6.45, 7) is 0.560. The molecule has 0 unspecified atom stereocenters. The SMILES string of the molecule is COc1ccc(-c2ccnc(Nc3ccc(S(=O)(=O)NCCCN(C)C)c(C(F)(F)F)c3)n2)cc1F. The third-order valence-corrected chi connectivity index (χ3v) is 6.53. The molecule has 0 spiro atoms. The Kier molecular flexibility index (Phi) is 8.48. The molecular formula is C23H25F4N5O3S. The van der Waals surface area contributed by atoms with Crippen LogP contribution in [0.3, 0.4) is 0 Å². The molecule has 36 heavy (non-hydrogen) atoms. The van der Waals surface area contributed by atoms with Crippen molar-refractivity contribution >= 4 is 21.7 Å². The van der Waals surface area contributed by atoms with Crippen molar-refractivity contribution in [3.05, 3.63) is 60.0 Å². The summed E-state index contributed by atoms with van der Waals surface area (Å²) in [7, 11) is 0.528. The Hall–Kier alpha value is -3.29. The second-order valence-corrected chi connectivity index (χ2v) is 9.74. The van der Waals surface area contributed by atoms with Gasteiger partial charge in [-0.1, -0.05) is 0 Å². The summed E-state index contributed by atoms with van der Waals surface area (Å²) < 4.78 is 87.6. The molecule has 0 aliphatic heterocycles.